The number of likely N-dealkylation sites (tertiary alicyclic amines) is 1. The first-order valence-electron chi connectivity index (χ1n) is 7.22. The van der Waals surface area contributed by atoms with Gasteiger partial charge >= 0.3 is 0 Å². The highest BCUT2D eigenvalue weighted by Gasteiger charge is 2.46. The Morgan fingerprint density at radius 3 is 2.84 bits per heavy atom. The van der Waals surface area contributed by atoms with Gasteiger partial charge in [-0.05, 0) is 38.6 Å². The van der Waals surface area contributed by atoms with Crippen molar-refractivity contribution in [1.82, 2.24) is 4.90 Å². The van der Waals surface area contributed by atoms with Gasteiger partial charge in [-0.2, -0.15) is 0 Å². The molecule has 112 valence electrons. The van der Waals surface area contributed by atoms with Gasteiger partial charge in [-0.1, -0.05) is 6.42 Å². The van der Waals surface area contributed by atoms with E-state index in [1.807, 2.05) is 7.11 Å². The first-order valence-corrected chi connectivity index (χ1v) is 7.22. The van der Waals surface area contributed by atoms with Crippen LogP contribution in [0.2, 0.25) is 0 Å². The third kappa shape index (κ3) is 3.61. The molecular weight excluding hydrogens is 264 g/mol. The number of rotatable bonds is 4. The number of carbonyl (C=O) groups excluding carboxylic acids is 1. The molecule has 1 heterocycles. The van der Waals surface area contributed by atoms with Gasteiger partial charge in [0.05, 0.1) is 6.10 Å². The van der Waals surface area contributed by atoms with Crippen molar-refractivity contribution in [1.29, 1.82) is 0 Å². The Bertz CT molecular complexity index is 301. The average molecular weight is 291 g/mol. The number of hydrogen-bond donors (Lipinski definition) is 1. The Morgan fingerprint density at radius 2 is 2.16 bits per heavy atom. The summed E-state index contributed by atoms with van der Waals surface area (Å²) in [5, 5.41) is 0. The van der Waals surface area contributed by atoms with E-state index in [4.69, 9.17) is 10.5 Å². The van der Waals surface area contributed by atoms with Crippen molar-refractivity contribution >= 4 is 18.3 Å². The minimum absolute atomic E-state index is 0. The highest BCUT2D eigenvalue weighted by Crippen LogP contribution is 2.46. The summed E-state index contributed by atoms with van der Waals surface area (Å²) in [5.41, 5.74) is 5.72. The molecule has 1 saturated heterocycles. The second-order valence-electron chi connectivity index (χ2n) is 5.79. The second-order valence-corrected chi connectivity index (χ2v) is 5.79. The summed E-state index contributed by atoms with van der Waals surface area (Å²) in [4.78, 5) is 14.2. The molecule has 2 rings (SSSR count). The van der Waals surface area contributed by atoms with E-state index in [0.717, 1.165) is 32.4 Å². The number of carbonyl (C=O) groups is 1. The van der Waals surface area contributed by atoms with Gasteiger partial charge < -0.3 is 15.4 Å². The maximum Gasteiger partial charge on any atom is 0.222 e. The van der Waals surface area contributed by atoms with E-state index in [1.165, 1.54) is 19.3 Å². The summed E-state index contributed by atoms with van der Waals surface area (Å²) in [7, 11) is 1.81. The molecule has 0 bridgehead atoms. The molecule has 0 aromatic heterocycles. The van der Waals surface area contributed by atoms with Gasteiger partial charge in [0, 0.05) is 32.0 Å². The van der Waals surface area contributed by atoms with Crippen LogP contribution in [0.3, 0.4) is 0 Å². The lowest BCUT2D eigenvalue weighted by Crippen LogP contribution is -2.49. The van der Waals surface area contributed by atoms with E-state index < -0.39 is 0 Å². The first-order chi connectivity index (χ1) is 8.72. The lowest BCUT2D eigenvalue weighted by molar-refractivity contribution is -0.137. The van der Waals surface area contributed by atoms with Crippen LogP contribution in [0.25, 0.3) is 0 Å². The fourth-order valence-electron chi connectivity index (χ4n) is 3.73. The summed E-state index contributed by atoms with van der Waals surface area (Å²) >= 11 is 0. The van der Waals surface area contributed by atoms with Crippen LogP contribution in [0.1, 0.15) is 44.9 Å². The van der Waals surface area contributed by atoms with E-state index in [-0.39, 0.29) is 23.7 Å². The number of nitrogens with two attached hydrogens (primary N) is 1. The number of hydrogen-bond acceptors (Lipinski definition) is 3. The summed E-state index contributed by atoms with van der Waals surface area (Å²) < 4.78 is 5.66. The van der Waals surface area contributed by atoms with Crippen molar-refractivity contribution in [3.05, 3.63) is 0 Å². The molecule has 0 aromatic rings. The minimum atomic E-state index is 0. The third-order valence-corrected chi connectivity index (χ3v) is 4.66. The van der Waals surface area contributed by atoms with Crippen molar-refractivity contribution in [3.63, 3.8) is 0 Å². The number of nitrogens with zero attached hydrogens (tertiary/aromatic N) is 1. The van der Waals surface area contributed by atoms with Crippen molar-refractivity contribution in [2.75, 3.05) is 26.7 Å². The van der Waals surface area contributed by atoms with E-state index in [2.05, 4.69) is 4.90 Å². The zero-order chi connectivity index (χ0) is 13.0. The molecule has 5 heteroatoms. The molecule has 19 heavy (non-hydrogen) atoms. The van der Waals surface area contributed by atoms with Crippen LogP contribution in [0.4, 0.5) is 0 Å². The van der Waals surface area contributed by atoms with Crippen molar-refractivity contribution in [2.45, 2.75) is 51.0 Å². The Hall–Kier alpha value is -0.320. The standard InChI is InChI=1S/C14H26N2O2.ClH/c1-18-12-5-2-7-14(12)8-4-10-16(11-14)13(17)6-3-9-15;/h12H,2-11,15H2,1H3;1H/t12-,14+;/m1./s1. The van der Waals surface area contributed by atoms with E-state index in [1.54, 1.807) is 0 Å². The molecule has 1 aliphatic heterocycles. The number of piperidine rings is 1. The molecule has 2 fully saturated rings. The zero-order valence-electron chi connectivity index (χ0n) is 11.9. The van der Waals surface area contributed by atoms with E-state index >= 15 is 0 Å². The number of methoxy groups -OCH3 is 1. The second kappa shape index (κ2) is 7.46. The molecule has 4 nitrogen and oxygen atoms in total. The Kier molecular flexibility index (Phi) is 6.57. The zero-order valence-corrected chi connectivity index (χ0v) is 12.7. The molecule has 2 atom stereocenters. The quantitative estimate of drug-likeness (QED) is 0.861. The number of halogens is 1. The monoisotopic (exact) mass is 290 g/mol. The maximum atomic E-state index is 12.1. The van der Waals surface area contributed by atoms with Crippen molar-refractivity contribution < 1.29 is 9.53 Å². The van der Waals surface area contributed by atoms with Crippen LogP contribution in [0, 0.1) is 5.41 Å². The molecule has 2 N–H and O–H groups in total. The summed E-state index contributed by atoms with van der Waals surface area (Å²) in [5.74, 6) is 0.279. The van der Waals surface area contributed by atoms with Gasteiger partial charge in [0.1, 0.15) is 0 Å². The average Bonchev–Trinajstić information content (AvgIpc) is 2.78. The molecule has 1 amide bonds. The topological polar surface area (TPSA) is 55.6 Å². The molecular formula is C14H27ClN2O2. The summed E-state index contributed by atoms with van der Waals surface area (Å²) in [6.45, 7) is 2.42. The Balaban J connectivity index is 0.00000180. The molecule has 1 saturated carbocycles. The van der Waals surface area contributed by atoms with Crippen molar-refractivity contribution in [2.24, 2.45) is 11.1 Å². The van der Waals surface area contributed by atoms with Gasteiger partial charge in [0.15, 0.2) is 0 Å². The van der Waals surface area contributed by atoms with Crippen LogP contribution in [0.5, 0.6) is 0 Å². The summed E-state index contributed by atoms with van der Waals surface area (Å²) in [6, 6.07) is 0. The molecule has 0 aromatic carbocycles. The molecule has 0 unspecified atom stereocenters. The Labute approximate surface area is 122 Å². The highest BCUT2D eigenvalue weighted by atomic mass is 35.5. The SMILES string of the molecule is CO[C@@H]1CCC[C@@]12CCCN(C(=O)CCCN)C2.Cl. The third-order valence-electron chi connectivity index (χ3n) is 4.66. The molecule has 0 radical (unpaired) electrons. The highest BCUT2D eigenvalue weighted by molar-refractivity contribution is 5.85. The largest absolute Gasteiger partial charge is 0.381 e. The normalized spacial score (nSPS) is 30.4. The maximum absolute atomic E-state index is 12.1. The van der Waals surface area contributed by atoms with Crippen LogP contribution in [-0.4, -0.2) is 43.7 Å². The van der Waals surface area contributed by atoms with E-state index in [0.29, 0.717) is 19.1 Å². The fraction of sp³-hybridized carbons (Fsp3) is 0.929. The van der Waals surface area contributed by atoms with Gasteiger partial charge in [0.2, 0.25) is 5.91 Å². The fourth-order valence-corrected chi connectivity index (χ4v) is 3.73. The van der Waals surface area contributed by atoms with Gasteiger partial charge in [-0.3, -0.25) is 4.79 Å². The predicted octanol–water partition coefficient (Wildman–Crippen LogP) is 1.95. The predicted molar refractivity (Wildman–Crippen MR) is 78.4 cm³/mol. The molecule has 2 aliphatic rings. The van der Waals surface area contributed by atoms with Crippen LogP contribution < -0.4 is 5.73 Å². The van der Waals surface area contributed by atoms with Crippen molar-refractivity contribution in [3.8, 4) is 0 Å². The van der Waals surface area contributed by atoms with Gasteiger partial charge in [0.25, 0.3) is 0 Å². The number of amides is 1. The molecule has 1 aliphatic carbocycles. The minimum Gasteiger partial charge on any atom is -0.381 e. The van der Waals surface area contributed by atoms with Gasteiger partial charge in [-0.15, -0.1) is 12.4 Å². The lowest BCUT2D eigenvalue weighted by atomic mass is 9.76. The van der Waals surface area contributed by atoms with Gasteiger partial charge in [-0.25, -0.2) is 0 Å². The smallest absolute Gasteiger partial charge is 0.222 e. The van der Waals surface area contributed by atoms with Crippen LogP contribution in [-0.2, 0) is 9.53 Å². The number of ether oxygens (including phenoxy) is 1. The van der Waals surface area contributed by atoms with Crippen LogP contribution >= 0.6 is 12.4 Å². The lowest BCUT2D eigenvalue weighted by Gasteiger charge is -2.43. The van der Waals surface area contributed by atoms with Crippen LogP contribution in [0.15, 0.2) is 0 Å². The molecule has 1 spiro atoms. The Morgan fingerprint density at radius 1 is 1.42 bits per heavy atom. The summed E-state index contributed by atoms with van der Waals surface area (Å²) in [6.07, 6.45) is 7.69. The van der Waals surface area contributed by atoms with E-state index in [9.17, 15) is 4.79 Å². The first kappa shape index (κ1) is 16.7.